The number of amides is 1. The maximum absolute atomic E-state index is 13.2. The summed E-state index contributed by atoms with van der Waals surface area (Å²) in [5.74, 6) is -0.667. The average Bonchev–Trinajstić information content (AvgIpc) is 2.76. The van der Waals surface area contributed by atoms with Crippen molar-refractivity contribution in [3.05, 3.63) is 48.0 Å². The van der Waals surface area contributed by atoms with Crippen LogP contribution in [0.1, 0.15) is 10.4 Å². The number of carbonyl (C=O) groups is 2. The van der Waals surface area contributed by atoms with Crippen molar-refractivity contribution in [2.45, 2.75) is 11.0 Å². The third-order valence-corrected chi connectivity index (χ3v) is 5.89. The lowest BCUT2D eigenvalue weighted by atomic mass is 10.1. The monoisotopic (exact) mass is 420 g/mol. The number of anilines is 1. The Balaban J connectivity index is 2.05. The van der Waals surface area contributed by atoms with Gasteiger partial charge in [-0.05, 0) is 37.4 Å². The average molecular weight is 420 g/mol. The maximum atomic E-state index is 13.2. The Hall–Kier alpha value is -3.11. The molecule has 2 aromatic carbocycles. The molecule has 0 saturated carbocycles. The molecule has 0 bridgehead atoms. The quantitative estimate of drug-likeness (QED) is 0.723. The van der Waals surface area contributed by atoms with E-state index in [2.05, 4.69) is 4.72 Å². The Bertz CT molecular complexity index is 1050. The predicted octanol–water partition coefficient (Wildman–Crippen LogP) is 1.18. The Kier molecular flexibility index (Phi) is 5.76. The summed E-state index contributed by atoms with van der Waals surface area (Å²) < 4.78 is 42.3. The molecule has 9 nitrogen and oxygen atoms in total. The second-order valence-corrected chi connectivity index (χ2v) is 7.94. The number of nitrogens with one attached hydrogen (secondary N) is 1. The van der Waals surface area contributed by atoms with Crippen LogP contribution in [0.4, 0.5) is 5.69 Å². The number of carbonyl (C=O) groups excluding carboxylic acids is 2. The summed E-state index contributed by atoms with van der Waals surface area (Å²) in [6, 6.07) is 10.9. The number of hydrogen-bond acceptors (Lipinski definition) is 7. The summed E-state index contributed by atoms with van der Waals surface area (Å²) in [6.45, 7) is -0.0807. The van der Waals surface area contributed by atoms with Crippen molar-refractivity contribution >= 4 is 27.6 Å². The fourth-order valence-electron chi connectivity index (χ4n) is 2.97. The SMILES string of the molecule is CNS(=O)(=O)c1cc(C(=O)N2C[C@H](C(=O)OC)Oc3ccccc32)ccc1OC. The molecule has 1 heterocycles. The number of sulfonamides is 1. The van der Waals surface area contributed by atoms with Crippen LogP contribution in [-0.2, 0) is 19.6 Å². The molecule has 2 aromatic rings. The highest BCUT2D eigenvalue weighted by Gasteiger charge is 2.35. The first-order valence-electron chi connectivity index (χ1n) is 8.59. The second-order valence-electron chi connectivity index (χ2n) is 6.09. The van der Waals surface area contributed by atoms with Gasteiger partial charge in [-0.2, -0.15) is 0 Å². The predicted molar refractivity (Wildman–Crippen MR) is 104 cm³/mol. The van der Waals surface area contributed by atoms with Crippen LogP contribution >= 0.6 is 0 Å². The zero-order valence-electron chi connectivity index (χ0n) is 16.0. The molecule has 29 heavy (non-hydrogen) atoms. The summed E-state index contributed by atoms with van der Waals surface area (Å²) in [6.07, 6.45) is -1.00. The minimum absolute atomic E-state index is 0.0807. The van der Waals surface area contributed by atoms with Crippen LogP contribution in [0, 0.1) is 0 Å². The van der Waals surface area contributed by atoms with Crippen LogP contribution in [0.2, 0.25) is 0 Å². The van der Waals surface area contributed by atoms with E-state index in [-0.39, 0.29) is 22.8 Å². The highest BCUT2D eigenvalue weighted by molar-refractivity contribution is 7.89. The van der Waals surface area contributed by atoms with E-state index in [1.165, 1.54) is 44.4 Å². The minimum atomic E-state index is -3.86. The van der Waals surface area contributed by atoms with E-state index in [1.54, 1.807) is 24.3 Å². The van der Waals surface area contributed by atoms with E-state index in [9.17, 15) is 18.0 Å². The molecule has 0 unspecified atom stereocenters. The number of nitrogens with zero attached hydrogens (tertiary/aromatic N) is 1. The van der Waals surface area contributed by atoms with E-state index in [1.807, 2.05) is 0 Å². The maximum Gasteiger partial charge on any atom is 0.348 e. The standard InChI is InChI=1S/C19H20N2O7S/c1-20-29(24,25)17-10-12(8-9-15(17)26-2)18(22)21-11-16(19(23)27-3)28-14-7-5-4-6-13(14)21/h4-10,16,20H,11H2,1-3H3/t16-/m1/s1. The molecule has 0 aromatic heterocycles. The van der Waals surface area contributed by atoms with E-state index in [0.717, 1.165) is 0 Å². The van der Waals surface area contributed by atoms with E-state index >= 15 is 0 Å². The molecule has 1 N–H and O–H groups in total. The van der Waals surface area contributed by atoms with Crippen LogP contribution in [0.25, 0.3) is 0 Å². The fraction of sp³-hybridized carbons (Fsp3) is 0.263. The van der Waals surface area contributed by atoms with Crippen molar-refractivity contribution in [1.29, 1.82) is 0 Å². The first-order chi connectivity index (χ1) is 13.8. The molecule has 0 fully saturated rings. The van der Waals surface area contributed by atoms with Crippen LogP contribution in [0.5, 0.6) is 11.5 Å². The lowest BCUT2D eigenvalue weighted by Crippen LogP contribution is -2.47. The molecule has 1 aliphatic rings. The number of para-hydroxylation sites is 2. The molecular formula is C19H20N2O7S. The Labute approximate surface area is 168 Å². The Morgan fingerprint density at radius 1 is 1.17 bits per heavy atom. The third-order valence-electron chi connectivity index (χ3n) is 4.45. The van der Waals surface area contributed by atoms with Gasteiger partial charge in [0.2, 0.25) is 16.1 Å². The zero-order valence-corrected chi connectivity index (χ0v) is 16.9. The molecule has 0 radical (unpaired) electrons. The summed E-state index contributed by atoms with van der Waals surface area (Å²) in [5.41, 5.74) is 0.575. The number of esters is 1. The normalized spacial score (nSPS) is 15.8. The molecule has 0 spiro atoms. The van der Waals surface area contributed by atoms with Crippen molar-refractivity contribution in [2.75, 3.05) is 32.7 Å². The van der Waals surface area contributed by atoms with E-state index in [4.69, 9.17) is 14.2 Å². The van der Waals surface area contributed by atoms with Crippen molar-refractivity contribution < 1.29 is 32.2 Å². The highest BCUT2D eigenvalue weighted by Crippen LogP contribution is 2.35. The Morgan fingerprint density at radius 3 is 2.55 bits per heavy atom. The summed E-state index contributed by atoms with van der Waals surface area (Å²) >= 11 is 0. The molecule has 1 atom stereocenters. The van der Waals surface area contributed by atoms with Crippen molar-refractivity contribution in [3.63, 3.8) is 0 Å². The van der Waals surface area contributed by atoms with Gasteiger partial charge in [0.15, 0.2) is 0 Å². The fourth-order valence-corrected chi connectivity index (χ4v) is 3.88. The second kappa shape index (κ2) is 8.10. The lowest BCUT2D eigenvalue weighted by molar-refractivity contribution is -0.148. The number of rotatable bonds is 5. The molecule has 0 aliphatic carbocycles. The third kappa shape index (κ3) is 3.89. The number of benzene rings is 2. The van der Waals surface area contributed by atoms with Gasteiger partial charge in [-0.25, -0.2) is 17.9 Å². The van der Waals surface area contributed by atoms with Crippen LogP contribution in [-0.4, -0.2) is 54.2 Å². The number of fused-ring (bicyclic) bond motifs is 1. The minimum Gasteiger partial charge on any atom is -0.495 e. The highest BCUT2D eigenvalue weighted by atomic mass is 32.2. The summed E-state index contributed by atoms with van der Waals surface area (Å²) in [5, 5.41) is 0. The van der Waals surface area contributed by atoms with Gasteiger partial charge in [0.25, 0.3) is 5.91 Å². The molecule has 3 rings (SSSR count). The molecular weight excluding hydrogens is 400 g/mol. The van der Waals surface area contributed by atoms with Crippen molar-refractivity contribution in [3.8, 4) is 11.5 Å². The van der Waals surface area contributed by atoms with Crippen molar-refractivity contribution in [1.82, 2.24) is 4.72 Å². The number of methoxy groups -OCH3 is 2. The van der Waals surface area contributed by atoms with Gasteiger partial charge in [0, 0.05) is 5.56 Å². The van der Waals surface area contributed by atoms with Crippen LogP contribution in [0.3, 0.4) is 0 Å². The largest absolute Gasteiger partial charge is 0.495 e. The van der Waals surface area contributed by atoms with Gasteiger partial charge >= 0.3 is 5.97 Å². The molecule has 1 amide bonds. The topological polar surface area (TPSA) is 111 Å². The zero-order chi connectivity index (χ0) is 21.2. The molecule has 1 aliphatic heterocycles. The van der Waals surface area contributed by atoms with Crippen molar-refractivity contribution in [2.24, 2.45) is 0 Å². The van der Waals surface area contributed by atoms with Gasteiger partial charge in [0.1, 0.15) is 16.4 Å². The van der Waals surface area contributed by atoms with Gasteiger partial charge < -0.3 is 19.1 Å². The van der Waals surface area contributed by atoms with Gasteiger partial charge in [-0.1, -0.05) is 12.1 Å². The van der Waals surface area contributed by atoms with Crippen LogP contribution in [0.15, 0.2) is 47.4 Å². The smallest absolute Gasteiger partial charge is 0.348 e. The number of ether oxygens (including phenoxy) is 3. The number of hydrogen-bond donors (Lipinski definition) is 1. The molecule has 154 valence electrons. The lowest BCUT2D eigenvalue weighted by Gasteiger charge is -2.33. The summed E-state index contributed by atoms with van der Waals surface area (Å²) in [4.78, 5) is 26.4. The van der Waals surface area contributed by atoms with Gasteiger partial charge in [-0.3, -0.25) is 4.79 Å². The van der Waals surface area contributed by atoms with Gasteiger partial charge in [-0.15, -0.1) is 0 Å². The van der Waals surface area contributed by atoms with Gasteiger partial charge in [0.05, 0.1) is 26.5 Å². The Morgan fingerprint density at radius 2 is 1.90 bits per heavy atom. The molecule has 10 heteroatoms. The van der Waals surface area contributed by atoms with Crippen LogP contribution < -0.4 is 19.1 Å². The first kappa shape index (κ1) is 20.6. The first-order valence-corrected chi connectivity index (χ1v) is 10.1. The summed E-state index contributed by atoms with van der Waals surface area (Å²) in [7, 11) is -0.0238. The molecule has 0 saturated heterocycles. The van der Waals surface area contributed by atoms with E-state index in [0.29, 0.717) is 11.4 Å². The van der Waals surface area contributed by atoms with E-state index < -0.39 is 28.0 Å².